The molecule has 1 aliphatic heterocycles. The van der Waals surface area contributed by atoms with Gasteiger partial charge in [0.05, 0.1) is 6.04 Å². The predicted molar refractivity (Wildman–Crippen MR) is 122 cm³/mol. The summed E-state index contributed by atoms with van der Waals surface area (Å²) in [7, 11) is 5.35. The van der Waals surface area contributed by atoms with Gasteiger partial charge in [0.1, 0.15) is 11.6 Å². The van der Waals surface area contributed by atoms with Crippen molar-refractivity contribution in [2.24, 2.45) is 4.99 Å². The molecule has 1 aromatic rings. The van der Waals surface area contributed by atoms with E-state index < -0.39 is 17.7 Å². The molecular formula is C20H34F2IN5. The van der Waals surface area contributed by atoms with Gasteiger partial charge in [-0.15, -0.1) is 24.0 Å². The summed E-state index contributed by atoms with van der Waals surface area (Å²) in [5, 5.41) is 6.69. The number of halogens is 3. The van der Waals surface area contributed by atoms with Gasteiger partial charge in [-0.2, -0.15) is 0 Å². The molecule has 160 valence electrons. The van der Waals surface area contributed by atoms with Gasteiger partial charge in [0, 0.05) is 38.3 Å². The molecule has 0 bridgehead atoms. The van der Waals surface area contributed by atoms with Gasteiger partial charge in [-0.1, -0.05) is 13.0 Å². The van der Waals surface area contributed by atoms with Crippen molar-refractivity contribution in [1.29, 1.82) is 0 Å². The van der Waals surface area contributed by atoms with E-state index in [0.717, 1.165) is 32.5 Å². The third-order valence-corrected chi connectivity index (χ3v) is 5.11. The standard InChI is InChI=1S/C20H33F2N5.HI/c1-5-11-27-12-9-15(10-13-27)25-20(23-2)24-14-18(26(3)4)19-16(21)7-6-8-17(19)22;/h6-8,15,18H,5,9-14H2,1-4H3,(H2,23,24,25);1H. The number of rotatable bonds is 7. The van der Waals surface area contributed by atoms with Crippen LogP contribution in [0.15, 0.2) is 23.2 Å². The largest absolute Gasteiger partial charge is 0.354 e. The molecule has 2 rings (SSSR count). The van der Waals surface area contributed by atoms with E-state index in [1.165, 1.54) is 24.6 Å². The van der Waals surface area contributed by atoms with E-state index in [0.29, 0.717) is 18.5 Å². The van der Waals surface area contributed by atoms with Crippen LogP contribution in [0.5, 0.6) is 0 Å². The first-order valence-corrected chi connectivity index (χ1v) is 9.76. The molecule has 1 unspecified atom stereocenters. The van der Waals surface area contributed by atoms with Gasteiger partial charge in [-0.3, -0.25) is 4.99 Å². The van der Waals surface area contributed by atoms with Crippen LogP contribution in [-0.4, -0.2) is 69.1 Å². The van der Waals surface area contributed by atoms with E-state index in [2.05, 4.69) is 27.4 Å². The Morgan fingerprint density at radius 3 is 2.36 bits per heavy atom. The van der Waals surface area contributed by atoms with E-state index in [1.54, 1.807) is 7.05 Å². The molecule has 1 aliphatic rings. The third kappa shape index (κ3) is 7.11. The van der Waals surface area contributed by atoms with Gasteiger partial charge in [0.15, 0.2) is 5.96 Å². The van der Waals surface area contributed by atoms with Crippen molar-refractivity contribution in [1.82, 2.24) is 20.4 Å². The van der Waals surface area contributed by atoms with Crippen LogP contribution in [0.2, 0.25) is 0 Å². The lowest BCUT2D eigenvalue weighted by atomic mass is 10.0. The number of nitrogens with zero attached hydrogens (tertiary/aromatic N) is 3. The molecule has 28 heavy (non-hydrogen) atoms. The number of piperidine rings is 1. The Morgan fingerprint density at radius 1 is 1.25 bits per heavy atom. The van der Waals surface area contributed by atoms with Gasteiger partial charge < -0.3 is 20.4 Å². The molecule has 1 atom stereocenters. The highest BCUT2D eigenvalue weighted by atomic mass is 127. The topological polar surface area (TPSA) is 42.9 Å². The lowest BCUT2D eigenvalue weighted by Gasteiger charge is -2.33. The van der Waals surface area contributed by atoms with Crippen LogP contribution in [0.1, 0.15) is 37.8 Å². The number of guanidine groups is 1. The molecule has 0 amide bonds. The number of hydrogen-bond donors (Lipinski definition) is 2. The van der Waals surface area contributed by atoms with E-state index in [9.17, 15) is 8.78 Å². The molecule has 0 spiro atoms. The Hall–Kier alpha value is -1.000. The number of aliphatic imine (C=N–C) groups is 1. The monoisotopic (exact) mass is 509 g/mol. The molecule has 8 heteroatoms. The summed E-state index contributed by atoms with van der Waals surface area (Å²) < 4.78 is 28.4. The van der Waals surface area contributed by atoms with Crippen molar-refractivity contribution in [3.05, 3.63) is 35.4 Å². The summed E-state index contributed by atoms with van der Waals surface area (Å²) >= 11 is 0. The Morgan fingerprint density at radius 2 is 1.86 bits per heavy atom. The van der Waals surface area contributed by atoms with Gasteiger partial charge >= 0.3 is 0 Å². The molecule has 2 N–H and O–H groups in total. The maximum atomic E-state index is 14.2. The average molecular weight is 509 g/mol. The Labute approximate surface area is 185 Å². The van der Waals surface area contributed by atoms with Gasteiger partial charge in [0.25, 0.3) is 0 Å². The normalized spacial score (nSPS) is 17.3. The average Bonchev–Trinajstić information content (AvgIpc) is 2.64. The van der Waals surface area contributed by atoms with Crippen LogP contribution < -0.4 is 10.6 Å². The fraction of sp³-hybridized carbons (Fsp3) is 0.650. The summed E-state index contributed by atoms with van der Waals surface area (Å²) in [6, 6.07) is 3.92. The Balaban J connectivity index is 0.00000392. The number of benzene rings is 1. The highest BCUT2D eigenvalue weighted by Crippen LogP contribution is 2.23. The number of likely N-dealkylation sites (N-methyl/N-ethyl adjacent to an activating group) is 1. The second-order valence-corrected chi connectivity index (χ2v) is 7.33. The number of nitrogens with one attached hydrogen (secondary N) is 2. The second-order valence-electron chi connectivity index (χ2n) is 7.33. The quantitative estimate of drug-likeness (QED) is 0.337. The third-order valence-electron chi connectivity index (χ3n) is 5.11. The molecule has 0 radical (unpaired) electrons. The highest BCUT2D eigenvalue weighted by Gasteiger charge is 2.23. The predicted octanol–water partition coefficient (Wildman–Crippen LogP) is 3.22. The summed E-state index contributed by atoms with van der Waals surface area (Å²) in [5.41, 5.74) is 0.0818. The first-order chi connectivity index (χ1) is 13.0. The van der Waals surface area contributed by atoms with Crippen LogP contribution >= 0.6 is 24.0 Å². The molecule has 1 heterocycles. The summed E-state index contributed by atoms with van der Waals surface area (Å²) in [4.78, 5) is 8.58. The van der Waals surface area contributed by atoms with Crippen molar-refractivity contribution < 1.29 is 8.78 Å². The second kappa shape index (κ2) is 12.5. The van der Waals surface area contributed by atoms with E-state index in [-0.39, 0.29) is 29.5 Å². The minimum atomic E-state index is -0.526. The molecule has 1 fully saturated rings. The van der Waals surface area contributed by atoms with Crippen molar-refractivity contribution >= 4 is 29.9 Å². The Bertz CT molecular complexity index is 598. The van der Waals surface area contributed by atoms with Crippen LogP contribution in [-0.2, 0) is 0 Å². The van der Waals surface area contributed by atoms with Gasteiger partial charge in [0.2, 0.25) is 0 Å². The fourth-order valence-electron chi connectivity index (χ4n) is 3.57. The minimum Gasteiger partial charge on any atom is -0.354 e. The Kier molecular flexibility index (Phi) is 11.2. The summed E-state index contributed by atoms with van der Waals surface area (Å²) in [6.45, 7) is 5.89. The zero-order valence-corrected chi connectivity index (χ0v) is 19.7. The lowest BCUT2D eigenvalue weighted by Crippen LogP contribution is -2.50. The summed E-state index contributed by atoms with van der Waals surface area (Å²) in [6.07, 6.45) is 3.32. The van der Waals surface area contributed by atoms with Crippen LogP contribution in [0, 0.1) is 11.6 Å². The molecular weight excluding hydrogens is 475 g/mol. The van der Waals surface area contributed by atoms with Crippen molar-refractivity contribution in [3.63, 3.8) is 0 Å². The van der Waals surface area contributed by atoms with E-state index in [1.807, 2.05) is 19.0 Å². The van der Waals surface area contributed by atoms with Crippen molar-refractivity contribution in [3.8, 4) is 0 Å². The first-order valence-electron chi connectivity index (χ1n) is 9.76. The smallest absolute Gasteiger partial charge is 0.191 e. The fourth-order valence-corrected chi connectivity index (χ4v) is 3.57. The lowest BCUT2D eigenvalue weighted by molar-refractivity contribution is 0.206. The zero-order chi connectivity index (χ0) is 19.8. The maximum absolute atomic E-state index is 14.2. The molecule has 0 aromatic heterocycles. The molecule has 1 aromatic carbocycles. The first kappa shape index (κ1) is 25.0. The van der Waals surface area contributed by atoms with Gasteiger partial charge in [-0.05, 0) is 52.0 Å². The van der Waals surface area contributed by atoms with Crippen LogP contribution in [0.3, 0.4) is 0 Å². The highest BCUT2D eigenvalue weighted by molar-refractivity contribution is 14.0. The summed E-state index contributed by atoms with van der Waals surface area (Å²) in [5.74, 6) is -0.379. The number of likely N-dealkylation sites (tertiary alicyclic amines) is 1. The van der Waals surface area contributed by atoms with Crippen molar-refractivity contribution in [2.45, 2.75) is 38.3 Å². The molecule has 0 saturated carbocycles. The minimum absolute atomic E-state index is 0. The number of hydrogen-bond acceptors (Lipinski definition) is 3. The van der Waals surface area contributed by atoms with E-state index >= 15 is 0 Å². The zero-order valence-electron chi connectivity index (χ0n) is 17.3. The SMILES string of the molecule is CCCN1CCC(NC(=NC)NCC(c2c(F)cccc2F)N(C)C)CC1.I. The van der Waals surface area contributed by atoms with E-state index in [4.69, 9.17) is 0 Å². The molecule has 5 nitrogen and oxygen atoms in total. The maximum Gasteiger partial charge on any atom is 0.191 e. The van der Waals surface area contributed by atoms with Crippen molar-refractivity contribution in [2.75, 3.05) is 47.3 Å². The molecule has 0 aliphatic carbocycles. The molecule has 1 saturated heterocycles. The van der Waals surface area contributed by atoms with Gasteiger partial charge in [-0.25, -0.2) is 8.78 Å². The van der Waals surface area contributed by atoms with Crippen LogP contribution in [0.25, 0.3) is 0 Å². The van der Waals surface area contributed by atoms with Crippen LogP contribution in [0.4, 0.5) is 8.78 Å².